The number of hydrogen-bond acceptors (Lipinski definition) is 2. The van der Waals surface area contributed by atoms with E-state index in [9.17, 15) is 4.79 Å². The highest BCUT2D eigenvalue weighted by atomic mass is 16.5. The van der Waals surface area contributed by atoms with E-state index in [-0.39, 0.29) is 11.4 Å². The van der Waals surface area contributed by atoms with E-state index in [0.29, 0.717) is 6.42 Å². The van der Waals surface area contributed by atoms with Gasteiger partial charge in [0.25, 0.3) is 0 Å². The summed E-state index contributed by atoms with van der Waals surface area (Å²) in [6.07, 6.45) is 6.42. The van der Waals surface area contributed by atoms with Crippen molar-refractivity contribution < 1.29 is 9.53 Å². The molecule has 0 spiro atoms. The van der Waals surface area contributed by atoms with Gasteiger partial charge in [0.05, 0.1) is 13.5 Å². The minimum atomic E-state index is -0.115. The fourth-order valence-electron chi connectivity index (χ4n) is 3.02. The van der Waals surface area contributed by atoms with Crippen molar-refractivity contribution in [1.29, 1.82) is 0 Å². The molecule has 0 heterocycles. The lowest BCUT2D eigenvalue weighted by Gasteiger charge is -2.29. The number of rotatable bonds is 5. The van der Waals surface area contributed by atoms with E-state index in [2.05, 4.69) is 30.8 Å². The summed E-state index contributed by atoms with van der Waals surface area (Å²) in [5.74, 6) is -0.115. The second-order valence-corrected chi connectivity index (χ2v) is 5.02. The molecule has 0 aromatic heterocycles. The van der Waals surface area contributed by atoms with Crippen molar-refractivity contribution in [2.75, 3.05) is 7.11 Å². The summed E-state index contributed by atoms with van der Waals surface area (Å²) in [7, 11) is 1.46. The van der Waals surface area contributed by atoms with Crippen LogP contribution in [0.3, 0.4) is 0 Å². The first-order chi connectivity index (χ1) is 8.72. The Morgan fingerprint density at radius 2 is 2.28 bits per heavy atom. The van der Waals surface area contributed by atoms with Crippen molar-refractivity contribution >= 4 is 5.97 Å². The summed E-state index contributed by atoms with van der Waals surface area (Å²) in [6.45, 7) is 3.79. The van der Waals surface area contributed by atoms with Crippen LogP contribution in [0.25, 0.3) is 0 Å². The van der Waals surface area contributed by atoms with E-state index in [1.807, 2.05) is 6.08 Å². The summed E-state index contributed by atoms with van der Waals surface area (Å²) in [5.41, 5.74) is 2.67. The zero-order valence-electron chi connectivity index (χ0n) is 10.9. The Labute approximate surface area is 109 Å². The van der Waals surface area contributed by atoms with Gasteiger partial charge >= 0.3 is 5.97 Å². The fourth-order valence-corrected chi connectivity index (χ4v) is 3.02. The van der Waals surface area contributed by atoms with Gasteiger partial charge in [-0.15, -0.1) is 6.58 Å². The van der Waals surface area contributed by atoms with Crippen LogP contribution in [0, 0.1) is 0 Å². The molecule has 0 amide bonds. The second kappa shape index (κ2) is 5.38. The molecule has 96 valence electrons. The molecule has 1 aromatic rings. The molecular formula is C16H20O2. The van der Waals surface area contributed by atoms with Crippen molar-refractivity contribution in [3.05, 3.63) is 48.0 Å². The Morgan fingerprint density at radius 1 is 1.50 bits per heavy atom. The first-order valence-electron chi connectivity index (χ1n) is 6.48. The van der Waals surface area contributed by atoms with Gasteiger partial charge < -0.3 is 4.74 Å². The first kappa shape index (κ1) is 12.9. The third-order valence-corrected chi connectivity index (χ3v) is 4.00. The van der Waals surface area contributed by atoms with Gasteiger partial charge in [0, 0.05) is 5.41 Å². The normalized spacial score (nSPS) is 21.4. The minimum Gasteiger partial charge on any atom is -0.469 e. The summed E-state index contributed by atoms with van der Waals surface area (Å²) >= 11 is 0. The van der Waals surface area contributed by atoms with Crippen LogP contribution in [0.15, 0.2) is 36.9 Å². The molecule has 1 unspecified atom stereocenters. The van der Waals surface area contributed by atoms with Crippen molar-refractivity contribution in [3.8, 4) is 0 Å². The zero-order valence-corrected chi connectivity index (χ0v) is 10.9. The van der Waals surface area contributed by atoms with Crippen LogP contribution in [0.4, 0.5) is 0 Å². The summed E-state index contributed by atoms with van der Waals surface area (Å²) in [6, 6.07) is 8.46. The lowest BCUT2D eigenvalue weighted by molar-refractivity contribution is -0.142. The number of methoxy groups -OCH3 is 1. The van der Waals surface area contributed by atoms with E-state index < -0.39 is 0 Å². The van der Waals surface area contributed by atoms with Crippen molar-refractivity contribution in [2.24, 2.45) is 0 Å². The number of carbonyl (C=O) groups is 1. The molecule has 0 radical (unpaired) electrons. The summed E-state index contributed by atoms with van der Waals surface area (Å²) < 4.78 is 4.87. The predicted octanol–water partition coefficient (Wildman–Crippen LogP) is 3.40. The molecule has 0 saturated carbocycles. The number of aryl methyl sites for hydroxylation is 1. The molecule has 1 atom stereocenters. The van der Waals surface area contributed by atoms with E-state index in [0.717, 1.165) is 25.7 Å². The Kier molecular flexibility index (Phi) is 3.85. The molecular weight excluding hydrogens is 224 g/mol. The Bertz CT molecular complexity index is 450. The SMILES string of the molecule is C=CCCC1(CC(=O)OC)CCc2ccccc21. The molecule has 1 aliphatic carbocycles. The van der Waals surface area contributed by atoms with Gasteiger partial charge in [-0.05, 0) is 36.8 Å². The largest absolute Gasteiger partial charge is 0.469 e. The van der Waals surface area contributed by atoms with Crippen molar-refractivity contribution in [1.82, 2.24) is 0 Å². The molecule has 1 aliphatic rings. The zero-order chi connectivity index (χ0) is 13.0. The predicted molar refractivity (Wildman–Crippen MR) is 72.5 cm³/mol. The van der Waals surface area contributed by atoms with E-state index in [1.54, 1.807) is 0 Å². The fraction of sp³-hybridized carbons (Fsp3) is 0.438. The van der Waals surface area contributed by atoms with Crippen molar-refractivity contribution in [3.63, 3.8) is 0 Å². The summed E-state index contributed by atoms with van der Waals surface area (Å²) in [4.78, 5) is 11.7. The van der Waals surface area contributed by atoms with Gasteiger partial charge in [-0.25, -0.2) is 0 Å². The number of benzene rings is 1. The number of allylic oxidation sites excluding steroid dienone is 1. The number of carbonyl (C=O) groups excluding carboxylic acids is 1. The van der Waals surface area contributed by atoms with E-state index in [1.165, 1.54) is 18.2 Å². The van der Waals surface area contributed by atoms with Gasteiger partial charge in [-0.1, -0.05) is 30.3 Å². The van der Waals surface area contributed by atoms with Gasteiger partial charge in [0.1, 0.15) is 0 Å². The Morgan fingerprint density at radius 3 is 3.00 bits per heavy atom. The van der Waals surface area contributed by atoms with Crippen LogP contribution in [0.5, 0.6) is 0 Å². The topological polar surface area (TPSA) is 26.3 Å². The molecule has 0 saturated heterocycles. The smallest absolute Gasteiger partial charge is 0.306 e. The number of ether oxygens (including phenoxy) is 1. The monoisotopic (exact) mass is 244 g/mol. The van der Waals surface area contributed by atoms with Gasteiger partial charge in [-0.2, -0.15) is 0 Å². The molecule has 1 aromatic carbocycles. The lowest BCUT2D eigenvalue weighted by Crippen LogP contribution is -2.27. The maximum atomic E-state index is 11.7. The van der Waals surface area contributed by atoms with Crippen LogP contribution in [0.2, 0.25) is 0 Å². The molecule has 18 heavy (non-hydrogen) atoms. The Hall–Kier alpha value is -1.57. The highest BCUT2D eigenvalue weighted by Crippen LogP contribution is 2.45. The maximum absolute atomic E-state index is 11.7. The maximum Gasteiger partial charge on any atom is 0.306 e. The van der Waals surface area contributed by atoms with Gasteiger partial charge in [-0.3, -0.25) is 4.79 Å². The number of hydrogen-bond donors (Lipinski definition) is 0. The molecule has 0 N–H and O–H groups in total. The first-order valence-corrected chi connectivity index (χ1v) is 6.48. The average Bonchev–Trinajstić information content (AvgIpc) is 2.76. The van der Waals surface area contributed by atoms with Crippen LogP contribution in [-0.4, -0.2) is 13.1 Å². The highest BCUT2D eigenvalue weighted by Gasteiger charge is 2.39. The third kappa shape index (κ3) is 2.33. The third-order valence-electron chi connectivity index (χ3n) is 4.00. The highest BCUT2D eigenvalue weighted by molar-refractivity contribution is 5.72. The van der Waals surface area contributed by atoms with Crippen molar-refractivity contribution in [2.45, 2.75) is 37.5 Å². The molecule has 0 aliphatic heterocycles. The molecule has 2 rings (SSSR count). The van der Waals surface area contributed by atoms with Gasteiger partial charge in [0.2, 0.25) is 0 Å². The molecule has 0 bridgehead atoms. The van der Waals surface area contributed by atoms with E-state index >= 15 is 0 Å². The van der Waals surface area contributed by atoms with Gasteiger partial charge in [0.15, 0.2) is 0 Å². The average molecular weight is 244 g/mol. The summed E-state index contributed by atoms with van der Waals surface area (Å²) in [5, 5.41) is 0. The molecule has 2 nitrogen and oxygen atoms in total. The van der Waals surface area contributed by atoms with Crippen LogP contribution in [-0.2, 0) is 21.4 Å². The molecule has 2 heteroatoms. The quantitative estimate of drug-likeness (QED) is 0.586. The van der Waals surface area contributed by atoms with Crippen LogP contribution < -0.4 is 0 Å². The number of fused-ring (bicyclic) bond motifs is 1. The van der Waals surface area contributed by atoms with Crippen LogP contribution >= 0.6 is 0 Å². The Balaban J connectivity index is 2.32. The van der Waals surface area contributed by atoms with E-state index in [4.69, 9.17) is 4.74 Å². The van der Waals surface area contributed by atoms with Crippen LogP contribution in [0.1, 0.15) is 36.8 Å². The minimum absolute atomic E-state index is 0.0438. The standard InChI is InChI=1S/C16H20O2/c1-3-4-10-16(12-15(17)18-2)11-9-13-7-5-6-8-14(13)16/h3,5-8H,1,4,9-12H2,2H3. The number of esters is 1. The molecule has 0 fully saturated rings. The lowest BCUT2D eigenvalue weighted by atomic mass is 9.75. The second-order valence-electron chi connectivity index (χ2n) is 5.02.